The van der Waals surface area contributed by atoms with Gasteiger partial charge < -0.3 is 5.11 Å². The van der Waals surface area contributed by atoms with E-state index in [0.717, 1.165) is 0 Å². The van der Waals surface area contributed by atoms with Gasteiger partial charge in [0, 0.05) is 11.1 Å². The van der Waals surface area contributed by atoms with Crippen LogP contribution in [-0.4, -0.2) is 10.0 Å². The summed E-state index contributed by atoms with van der Waals surface area (Å²) in [7, 11) is 0. The van der Waals surface area contributed by atoms with Crippen LogP contribution in [0.25, 0.3) is 0 Å². The zero-order valence-electron chi connectivity index (χ0n) is 9.09. The maximum atomic E-state index is 10.2. The minimum absolute atomic E-state index is 0.0967. The summed E-state index contributed by atoms with van der Waals surface area (Å²) in [6, 6.07) is 12.8. The molecule has 0 amide bonds. The molecular formula is C12H9Cl2NO3. The molecular weight excluding hydrogens is 277 g/mol. The largest absolute Gasteiger partial charge is 0.508 e. The van der Waals surface area contributed by atoms with Gasteiger partial charge in [0.15, 0.2) is 0 Å². The molecule has 0 fully saturated rings. The fourth-order valence-electron chi connectivity index (χ4n) is 1.05. The Morgan fingerprint density at radius 3 is 2.06 bits per heavy atom. The first-order chi connectivity index (χ1) is 8.50. The number of hydrogen-bond acceptors (Lipinski definition) is 3. The van der Waals surface area contributed by atoms with Gasteiger partial charge in [0.2, 0.25) is 0 Å². The minimum Gasteiger partial charge on any atom is -0.508 e. The number of para-hydroxylation sites is 1. The lowest BCUT2D eigenvalue weighted by Crippen LogP contribution is -1.87. The van der Waals surface area contributed by atoms with Gasteiger partial charge in [-0.3, -0.25) is 10.1 Å². The number of rotatable bonds is 1. The van der Waals surface area contributed by atoms with Crippen LogP contribution in [0, 0.1) is 10.1 Å². The lowest BCUT2D eigenvalue weighted by molar-refractivity contribution is -0.384. The van der Waals surface area contributed by atoms with Gasteiger partial charge in [0.25, 0.3) is 5.69 Å². The van der Waals surface area contributed by atoms with Gasteiger partial charge in [0.05, 0.1) is 4.92 Å². The summed E-state index contributed by atoms with van der Waals surface area (Å²) in [4.78, 5) is 9.66. The minimum atomic E-state index is -0.575. The first kappa shape index (κ1) is 14.3. The fraction of sp³-hybridized carbons (Fsp3) is 0. The molecule has 0 heterocycles. The highest BCUT2D eigenvalue weighted by atomic mass is 35.5. The van der Waals surface area contributed by atoms with E-state index < -0.39 is 4.92 Å². The fourth-order valence-corrected chi connectivity index (χ4v) is 1.41. The highest BCUT2D eigenvalue weighted by molar-refractivity contribution is 6.34. The first-order valence-electron chi connectivity index (χ1n) is 4.84. The number of benzene rings is 2. The molecule has 0 saturated carbocycles. The molecule has 4 nitrogen and oxygen atoms in total. The van der Waals surface area contributed by atoms with Crippen molar-refractivity contribution in [3.05, 3.63) is 68.7 Å². The Kier molecular flexibility index (Phi) is 5.42. The van der Waals surface area contributed by atoms with Crippen molar-refractivity contribution in [3.63, 3.8) is 0 Å². The summed E-state index contributed by atoms with van der Waals surface area (Å²) in [5.74, 6) is 0.322. The molecule has 0 aliphatic rings. The summed E-state index contributed by atoms with van der Waals surface area (Å²) in [6.07, 6.45) is 0. The molecule has 18 heavy (non-hydrogen) atoms. The van der Waals surface area contributed by atoms with Crippen molar-refractivity contribution in [2.24, 2.45) is 0 Å². The molecule has 94 valence electrons. The van der Waals surface area contributed by atoms with Gasteiger partial charge in [-0.05, 0) is 24.3 Å². The second-order valence-electron chi connectivity index (χ2n) is 3.19. The van der Waals surface area contributed by atoms with Gasteiger partial charge in [-0.15, -0.1) is 0 Å². The summed E-state index contributed by atoms with van der Waals surface area (Å²) in [5, 5.41) is 19.3. The standard InChI is InChI=1S/C6H3Cl2NO2.C6H6O/c7-4-1-2-5(8)6(3-4)9(10)11;7-6-4-2-1-3-5-6/h1-3H;1-5,7H. The summed E-state index contributed by atoms with van der Waals surface area (Å²) in [6.45, 7) is 0. The highest BCUT2D eigenvalue weighted by Crippen LogP contribution is 2.26. The van der Waals surface area contributed by atoms with E-state index in [4.69, 9.17) is 28.3 Å². The maximum absolute atomic E-state index is 10.2. The second kappa shape index (κ2) is 6.83. The van der Waals surface area contributed by atoms with Gasteiger partial charge in [-0.1, -0.05) is 41.4 Å². The molecule has 0 spiro atoms. The number of aromatic hydroxyl groups is 1. The third kappa shape index (κ3) is 4.61. The van der Waals surface area contributed by atoms with Crippen LogP contribution in [0.4, 0.5) is 5.69 Å². The number of hydrogen-bond donors (Lipinski definition) is 1. The molecule has 0 aliphatic heterocycles. The molecule has 6 heteroatoms. The van der Waals surface area contributed by atoms with Crippen LogP contribution in [0.5, 0.6) is 5.75 Å². The van der Waals surface area contributed by atoms with Crippen molar-refractivity contribution in [2.75, 3.05) is 0 Å². The Labute approximate surface area is 114 Å². The lowest BCUT2D eigenvalue weighted by Gasteiger charge is -1.93. The van der Waals surface area contributed by atoms with E-state index in [1.54, 1.807) is 24.3 Å². The van der Waals surface area contributed by atoms with Crippen LogP contribution in [0.3, 0.4) is 0 Å². The summed E-state index contributed by atoms with van der Waals surface area (Å²) in [5.41, 5.74) is -0.167. The van der Waals surface area contributed by atoms with E-state index >= 15 is 0 Å². The topological polar surface area (TPSA) is 63.4 Å². The van der Waals surface area contributed by atoms with Crippen molar-refractivity contribution < 1.29 is 10.0 Å². The monoisotopic (exact) mass is 285 g/mol. The van der Waals surface area contributed by atoms with E-state index in [2.05, 4.69) is 0 Å². The molecule has 0 saturated heterocycles. The molecule has 2 aromatic carbocycles. The van der Waals surface area contributed by atoms with Crippen LogP contribution >= 0.6 is 23.2 Å². The lowest BCUT2D eigenvalue weighted by atomic mass is 10.3. The average molecular weight is 286 g/mol. The Hall–Kier alpha value is -1.78. The van der Waals surface area contributed by atoms with Crippen LogP contribution in [0.1, 0.15) is 0 Å². The van der Waals surface area contributed by atoms with Gasteiger partial charge in [-0.25, -0.2) is 0 Å². The van der Waals surface area contributed by atoms with Crippen LogP contribution < -0.4 is 0 Å². The molecule has 0 unspecified atom stereocenters. The molecule has 2 aromatic rings. The van der Waals surface area contributed by atoms with E-state index in [9.17, 15) is 10.1 Å². The van der Waals surface area contributed by atoms with E-state index in [0.29, 0.717) is 10.8 Å². The molecule has 0 bridgehead atoms. The maximum Gasteiger partial charge on any atom is 0.289 e. The Bertz CT molecular complexity index is 532. The highest BCUT2D eigenvalue weighted by Gasteiger charge is 2.11. The molecule has 1 N–H and O–H groups in total. The Morgan fingerprint density at radius 1 is 1.06 bits per heavy atom. The normalized spacial score (nSPS) is 9.22. The van der Waals surface area contributed by atoms with Gasteiger partial charge >= 0.3 is 0 Å². The average Bonchev–Trinajstić information content (AvgIpc) is 2.34. The molecule has 0 aromatic heterocycles. The van der Waals surface area contributed by atoms with E-state index in [1.165, 1.54) is 18.2 Å². The smallest absolute Gasteiger partial charge is 0.289 e. The summed E-state index contributed by atoms with van der Waals surface area (Å²) >= 11 is 11.0. The van der Waals surface area contributed by atoms with Crippen molar-refractivity contribution in [1.82, 2.24) is 0 Å². The molecule has 0 radical (unpaired) electrons. The van der Waals surface area contributed by atoms with Crippen molar-refractivity contribution in [3.8, 4) is 5.75 Å². The van der Waals surface area contributed by atoms with Crippen LogP contribution in [-0.2, 0) is 0 Å². The SMILES string of the molecule is O=[N+]([O-])c1cc(Cl)ccc1Cl.Oc1ccccc1. The van der Waals surface area contributed by atoms with Gasteiger partial charge in [-0.2, -0.15) is 0 Å². The predicted octanol–water partition coefficient (Wildman–Crippen LogP) is 4.29. The van der Waals surface area contributed by atoms with Crippen molar-refractivity contribution in [1.29, 1.82) is 0 Å². The number of nitro benzene ring substituents is 1. The third-order valence-electron chi connectivity index (χ3n) is 1.86. The molecule has 2 rings (SSSR count). The molecule has 0 atom stereocenters. The number of nitrogens with zero attached hydrogens (tertiary/aromatic N) is 1. The van der Waals surface area contributed by atoms with Gasteiger partial charge in [0.1, 0.15) is 10.8 Å². The van der Waals surface area contributed by atoms with E-state index in [1.807, 2.05) is 6.07 Å². The number of nitro groups is 1. The number of phenols is 1. The first-order valence-corrected chi connectivity index (χ1v) is 5.59. The Morgan fingerprint density at radius 2 is 1.67 bits per heavy atom. The number of phenolic OH excluding ortho intramolecular Hbond substituents is 1. The second-order valence-corrected chi connectivity index (χ2v) is 4.03. The predicted molar refractivity (Wildman–Crippen MR) is 71.2 cm³/mol. The van der Waals surface area contributed by atoms with Crippen LogP contribution in [0.2, 0.25) is 10.0 Å². The van der Waals surface area contributed by atoms with Crippen molar-refractivity contribution in [2.45, 2.75) is 0 Å². The quantitative estimate of drug-likeness (QED) is 0.628. The third-order valence-corrected chi connectivity index (χ3v) is 2.42. The zero-order valence-corrected chi connectivity index (χ0v) is 10.6. The van der Waals surface area contributed by atoms with E-state index in [-0.39, 0.29) is 10.7 Å². The number of halogens is 2. The van der Waals surface area contributed by atoms with Crippen molar-refractivity contribution >= 4 is 28.9 Å². The molecule has 0 aliphatic carbocycles. The van der Waals surface area contributed by atoms with Crippen LogP contribution in [0.15, 0.2) is 48.5 Å². The Balaban J connectivity index is 0.000000199. The summed E-state index contributed by atoms with van der Waals surface area (Å²) < 4.78 is 0. The zero-order chi connectivity index (χ0) is 13.5.